The SMILES string of the molecule is CCNC(=O)CN(CC)c1c(F)cc(N)c2cccnc12. The Morgan fingerprint density at radius 2 is 2.24 bits per heavy atom. The van der Waals surface area contributed by atoms with E-state index in [0.717, 1.165) is 0 Å². The molecule has 112 valence electrons. The van der Waals surface area contributed by atoms with Gasteiger partial charge in [-0.3, -0.25) is 9.78 Å². The number of carbonyl (C=O) groups excluding carboxylic acids is 1. The van der Waals surface area contributed by atoms with E-state index >= 15 is 0 Å². The maximum Gasteiger partial charge on any atom is 0.239 e. The van der Waals surface area contributed by atoms with E-state index in [2.05, 4.69) is 10.3 Å². The summed E-state index contributed by atoms with van der Waals surface area (Å²) in [7, 11) is 0. The van der Waals surface area contributed by atoms with Crippen molar-refractivity contribution < 1.29 is 9.18 Å². The average molecular weight is 290 g/mol. The smallest absolute Gasteiger partial charge is 0.239 e. The van der Waals surface area contributed by atoms with Crippen molar-refractivity contribution in [2.24, 2.45) is 0 Å². The van der Waals surface area contributed by atoms with Crippen LogP contribution in [-0.2, 0) is 4.79 Å². The van der Waals surface area contributed by atoms with Crippen LogP contribution < -0.4 is 16.0 Å². The number of anilines is 2. The van der Waals surface area contributed by atoms with Gasteiger partial charge in [0.15, 0.2) is 5.82 Å². The number of halogens is 1. The van der Waals surface area contributed by atoms with Crippen LogP contribution in [0.4, 0.5) is 15.8 Å². The molecule has 0 unspecified atom stereocenters. The highest BCUT2D eigenvalue weighted by atomic mass is 19.1. The molecule has 0 aliphatic heterocycles. The van der Waals surface area contributed by atoms with Gasteiger partial charge in [-0.15, -0.1) is 0 Å². The molecule has 6 heteroatoms. The van der Waals surface area contributed by atoms with Crippen molar-refractivity contribution in [3.8, 4) is 0 Å². The zero-order chi connectivity index (χ0) is 15.4. The van der Waals surface area contributed by atoms with E-state index in [1.807, 2.05) is 13.8 Å². The lowest BCUT2D eigenvalue weighted by Gasteiger charge is -2.24. The number of hydrogen-bond donors (Lipinski definition) is 2. The van der Waals surface area contributed by atoms with E-state index in [9.17, 15) is 9.18 Å². The number of benzene rings is 1. The third kappa shape index (κ3) is 3.04. The molecule has 1 amide bonds. The van der Waals surface area contributed by atoms with Crippen molar-refractivity contribution >= 4 is 28.2 Å². The molecule has 2 aromatic rings. The summed E-state index contributed by atoms with van der Waals surface area (Å²) in [5, 5.41) is 3.39. The van der Waals surface area contributed by atoms with Gasteiger partial charge in [-0.05, 0) is 32.0 Å². The van der Waals surface area contributed by atoms with Crippen molar-refractivity contribution in [2.45, 2.75) is 13.8 Å². The van der Waals surface area contributed by atoms with E-state index in [1.165, 1.54) is 6.07 Å². The maximum absolute atomic E-state index is 14.4. The summed E-state index contributed by atoms with van der Waals surface area (Å²) in [6.45, 7) is 4.82. The van der Waals surface area contributed by atoms with Gasteiger partial charge < -0.3 is 16.0 Å². The standard InChI is InChI=1S/C15H19FN4O/c1-3-18-13(21)9-20(4-2)15-11(16)8-12(17)10-6-5-7-19-14(10)15/h5-8H,3-4,9,17H2,1-2H3,(H,18,21). The average Bonchev–Trinajstić information content (AvgIpc) is 2.46. The van der Waals surface area contributed by atoms with E-state index in [0.29, 0.717) is 35.4 Å². The quantitative estimate of drug-likeness (QED) is 0.825. The third-order valence-corrected chi connectivity index (χ3v) is 3.26. The van der Waals surface area contributed by atoms with E-state index in [-0.39, 0.29) is 12.5 Å². The minimum atomic E-state index is -0.468. The number of nitrogens with zero attached hydrogens (tertiary/aromatic N) is 2. The fourth-order valence-corrected chi connectivity index (χ4v) is 2.30. The van der Waals surface area contributed by atoms with Crippen molar-refractivity contribution in [1.29, 1.82) is 0 Å². The summed E-state index contributed by atoms with van der Waals surface area (Å²) in [6, 6.07) is 4.82. The molecule has 1 aromatic carbocycles. The third-order valence-electron chi connectivity index (χ3n) is 3.26. The van der Waals surface area contributed by atoms with Crippen LogP contribution in [0, 0.1) is 5.82 Å². The number of fused-ring (bicyclic) bond motifs is 1. The van der Waals surface area contributed by atoms with Gasteiger partial charge in [0.1, 0.15) is 5.69 Å². The van der Waals surface area contributed by atoms with Crippen LogP contribution in [0.5, 0.6) is 0 Å². The zero-order valence-electron chi connectivity index (χ0n) is 12.2. The number of pyridine rings is 1. The molecular formula is C15H19FN4O. The van der Waals surface area contributed by atoms with Crippen molar-refractivity contribution in [3.05, 3.63) is 30.2 Å². The second kappa shape index (κ2) is 6.39. The molecule has 0 aliphatic rings. The number of nitrogen functional groups attached to an aromatic ring is 1. The number of rotatable bonds is 5. The largest absolute Gasteiger partial charge is 0.398 e. The van der Waals surface area contributed by atoms with Gasteiger partial charge in [0.05, 0.1) is 12.1 Å². The fourth-order valence-electron chi connectivity index (χ4n) is 2.30. The van der Waals surface area contributed by atoms with Crippen LogP contribution >= 0.6 is 0 Å². The molecular weight excluding hydrogens is 271 g/mol. The highest BCUT2D eigenvalue weighted by molar-refractivity contribution is 5.99. The van der Waals surface area contributed by atoms with Crippen molar-refractivity contribution in [3.63, 3.8) is 0 Å². The normalized spacial score (nSPS) is 10.6. The maximum atomic E-state index is 14.4. The monoisotopic (exact) mass is 290 g/mol. The van der Waals surface area contributed by atoms with Crippen LogP contribution in [0.25, 0.3) is 10.9 Å². The first kappa shape index (κ1) is 15.0. The molecule has 1 heterocycles. The number of likely N-dealkylation sites (N-methyl/N-ethyl adjacent to an activating group) is 2. The van der Waals surface area contributed by atoms with E-state index < -0.39 is 5.82 Å². The Morgan fingerprint density at radius 3 is 2.90 bits per heavy atom. The van der Waals surface area contributed by atoms with Gasteiger partial charge >= 0.3 is 0 Å². The van der Waals surface area contributed by atoms with Gasteiger partial charge in [-0.1, -0.05) is 0 Å². The second-order valence-electron chi connectivity index (χ2n) is 4.66. The lowest BCUT2D eigenvalue weighted by molar-refractivity contribution is -0.119. The number of nitrogens with two attached hydrogens (primary N) is 1. The number of aromatic nitrogens is 1. The van der Waals surface area contributed by atoms with Gasteiger partial charge in [-0.25, -0.2) is 4.39 Å². The molecule has 3 N–H and O–H groups in total. The highest BCUT2D eigenvalue weighted by Crippen LogP contribution is 2.32. The Morgan fingerprint density at radius 1 is 1.48 bits per heavy atom. The molecule has 2 rings (SSSR count). The zero-order valence-corrected chi connectivity index (χ0v) is 12.2. The topological polar surface area (TPSA) is 71.2 Å². The lowest BCUT2D eigenvalue weighted by atomic mass is 10.1. The fraction of sp³-hybridized carbons (Fsp3) is 0.333. The molecule has 21 heavy (non-hydrogen) atoms. The predicted molar refractivity (Wildman–Crippen MR) is 82.7 cm³/mol. The first-order chi connectivity index (χ1) is 10.1. The summed E-state index contributed by atoms with van der Waals surface area (Å²) in [5.74, 6) is -0.621. The van der Waals surface area contributed by atoms with Crippen LogP contribution in [0.2, 0.25) is 0 Å². The summed E-state index contributed by atoms with van der Waals surface area (Å²) in [6.07, 6.45) is 1.59. The molecule has 5 nitrogen and oxygen atoms in total. The molecule has 0 spiro atoms. The van der Waals surface area contributed by atoms with Gasteiger partial charge in [0.25, 0.3) is 0 Å². The summed E-state index contributed by atoms with van der Waals surface area (Å²) >= 11 is 0. The molecule has 0 saturated carbocycles. The minimum absolute atomic E-state index is 0.0802. The Kier molecular flexibility index (Phi) is 4.57. The second-order valence-corrected chi connectivity index (χ2v) is 4.66. The number of carbonyl (C=O) groups is 1. The highest BCUT2D eigenvalue weighted by Gasteiger charge is 2.19. The van der Waals surface area contributed by atoms with E-state index in [4.69, 9.17) is 5.73 Å². The molecule has 0 bridgehead atoms. The van der Waals surface area contributed by atoms with Gasteiger partial charge in [-0.2, -0.15) is 0 Å². The molecule has 1 aromatic heterocycles. The van der Waals surface area contributed by atoms with Crippen LogP contribution in [-0.4, -0.2) is 30.5 Å². The minimum Gasteiger partial charge on any atom is -0.398 e. The first-order valence-corrected chi connectivity index (χ1v) is 6.92. The summed E-state index contributed by atoms with van der Waals surface area (Å²) < 4.78 is 14.4. The summed E-state index contributed by atoms with van der Waals surface area (Å²) in [5.41, 5.74) is 6.97. The first-order valence-electron chi connectivity index (χ1n) is 6.92. The Bertz CT molecular complexity index is 659. The van der Waals surface area contributed by atoms with Crippen LogP contribution in [0.3, 0.4) is 0 Å². The van der Waals surface area contributed by atoms with Crippen molar-refractivity contribution in [2.75, 3.05) is 30.3 Å². The van der Waals surface area contributed by atoms with Gasteiger partial charge in [0, 0.05) is 30.4 Å². The lowest BCUT2D eigenvalue weighted by Crippen LogP contribution is -2.37. The number of hydrogen-bond acceptors (Lipinski definition) is 4. The number of amides is 1. The molecule has 0 fully saturated rings. The molecule has 0 saturated heterocycles. The Labute approximate surface area is 122 Å². The van der Waals surface area contributed by atoms with Crippen LogP contribution in [0.15, 0.2) is 24.4 Å². The molecule has 0 radical (unpaired) electrons. The Balaban J connectivity index is 2.50. The van der Waals surface area contributed by atoms with Gasteiger partial charge in [0.2, 0.25) is 5.91 Å². The Hall–Kier alpha value is -2.37. The van der Waals surface area contributed by atoms with Crippen molar-refractivity contribution in [1.82, 2.24) is 10.3 Å². The predicted octanol–water partition coefficient (Wildman–Crippen LogP) is 1.92. The van der Waals surface area contributed by atoms with Crippen LogP contribution in [0.1, 0.15) is 13.8 Å². The van der Waals surface area contributed by atoms with E-state index in [1.54, 1.807) is 23.2 Å². The summed E-state index contributed by atoms with van der Waals surface area (Å²) in [4.78, 5) is 17.7. The molecule has 0 aliphatic carbocycles. The molecule has 0 atom stereocenters. The number of nitrogens with one attached hydrogen (secondary N) is 1.